The van der Waals surface area contributed by atoms with Crippen LogP contribution in [0.4, 0.5) is 4.79 Å². The average molecular weight is 230 g/mol. The van der Waals surface area contributed by atoms with Crippen LogP contribution in [0.3, 0.4) is 0 Å². The van der Waals surface area contributed by atoms with Crippen LogP contribution < -0.4 is 5.32 Å². The molecule has 1 aliphatic heterocycles. The normalized spacial score (nSPS) is 16.1. The summed E-state index contributed by atoms with van der Waals surface area (Å²) in [7, 11) is 0. The number of rotatable bonds is 4. The lowest BCUT2D eigenvalue weighted by Crippen LogP contribution is -2.51. The molecule has 7 heteroatoms. The fourth-order valence-corrected chi connectivity index (χ4v) is 1.09. The molecule has 0 unspecified atom stereocenters. The highest BCUT2D eigenvalue weighted by atomic mass is 16.6. The van der Waals surface area contributed by atoms with Gasteiger partial charge in [-0.3, -0.25) is 14.9 Å². The van der Waals surface area contributed by atoms with Crippen LogP contribution in [-0.4, -0.2) is 53.2 Å². The molecule has 1 fully saturated rings. The highest BCUT2D eigenvalue weighted by Gasteiger charge is 2.31. The molecule has 2 N–H and O–H groups in total. The molecular formula is C9H14N2O5. The second kappa shape index (κ2) is 4.48. The summed E-state index contributed by atoms with van der Waals surface area (Å²) in [5.41, 5.74) is -1.21. The van der Waals surface area contributed by atoms with Crippen molar-refractivity contribution in [3.05, 3.63) is 0 Å². The van der Waals surface area contributed by atoms with Crippen molar-refractivity contribution in [3.8, 4) is 0 Å². The van der Waals surface area contributed by atoms with E-state index in [1.807, 2.05) is 0 Å². The minimum absolute atomic E-state index is 0.187. The van der Waals surface area contributed by atoms with Gasteiger partial charge in [-0.25, -0.2) is 9.69 Å². The number of hydrogen-bond donors (Lipinski definition) is 2. The molecule has 0 bridgehead atoms. The number of ether oxygens (including phenoxy) is 1. The highest BCUT2D eigenvalue weighted by molar-refractivity contribution is 5.94. The third-order valence-electron chi connectivity index (χ3n) is 2.28. The smallest absolute Gasteiger partial charge is 0.416 e. The number of amides is 2. The van der Waals surface area contributed by atoms with Crippen molar-refractivity contribution in [2.24, 2.45) is 0 Å². The predicted octanol–water partition coefficient (Wildman–Crippen LogP) is -0.582. The maximum absolute atomic E-state index is 11.5. The zero-order valence-corrected chi connectivity index (χ0v) is 9.15. The molecule has 1 heterocycles. The number of cyclic esters (lactones) is 1. The maximum atomic E-state index is 11.5. The number of carboxylic acids is 1. The van der Waals surface area contributed by atoms with Crippen molar-refractivity contribution in [1.82, 2.24) is 10.2 Å². The van der Waals surface area contributed by atoms with Gasteiger partial charge in [0.15, 0.2) is 0 Å². The van der Waals surface area contributed by atoms with Crippen LogP contribution in [0, 0.1) is 0 Å². The molecule has 0 aromatic heterocycles. The Hall–Kier alpha value is -1.63. The molecule has 0 radical (unpaired) electrons. The summed E-state index contributed by atoms with van der Waals surface area (Å²) in [6.45, 7) is 3.06. The van der Waals surface area contributed by atoms with Gasteiger partial charge in [0.1, 0.15) is 12.1 Å². The number of imide groups is 1. The van der Waals surface area contributed by atoms with E-state index in [1.54, 1.807) is 0 Å². The van der Waals surface area contributed by atoms with Gasteiger partial charge in [0.25, 0.3) is 0 Å². The molecule has 1 rings (SSSR count). The fourth-order valence-electron chi connectivity index (χ4n) is 1.09. The van der Waals surface area contributed by atoms with Crippen LogP contribution >= 0.6 is 0 Å². The van der Waals surface area contributed by atoms with Gasteiger partial charge in [-0.05, 0) is 13.8 Å². The van der Waals surface area contributed by atoms with Gasteiger partial charge < -0.3 is 9.84 Å². The van der Waals surface area contributed by atoms with E-state index in [0.717, 1.165) is 4.90 Å². The topological polar surface area (TPSA) is 95.9 Å². The Labute approximate surface area is 92.4 Å². The number of hydrogen-bond acceptors (Lipinski definition) is 5. The monoisotopic (exact) mass is 230 g/mol. The Morgan fingerprint density at radius 2 is 2.19 bits per heavy atom. The zero-order valence-electron chi connectivity index (χ0n) is 9.15. The summed E-state index contributed by atoms with van der Waals surface area (Å²) in [6.07, 6.45) is -0.681. The summed E-state index contributed by atoms with van der Waals surface area (Å²) in [6, 6.07) is 0. The first-order valence-corrected chi connectivity index (χ1v) is 4.80. The summed E-state index contributed by atoms with van der Waals surface area (Å²) in [5, 5.41) is 11.3. The Balaban J connectivity index is 2.47. The Morgan fingerprint density at radius 3 is 2.62 bits per heavy atom. The summed E-state index contributed by atoms with van der Waals surface area (Å²) >= 11 is 0. The van der Waals surface area contributed by atoms with Gasteiger partial charge in [0, 0.05) is 0 Å². The lowest BCUT2D eigenvalue weighted by molar-refractivity contribution is -0.143. The van der Waals surface area contributed by atoms with Crippen molar-refractivity contribution < 1.29 is 24.2 Å². The van der Waals surface area contributed by atoms with Crippen molar-refractivity contribution in [2.45, 2.75) is 19.4 Å². The number of nitrogens with one attached hydrogen (secondary N) is 1. The van der Waals surface area contributed by atoms with Gasteiger partial charge in [0.2, 0.25) is 5.91 Å². The first-order valence-electron chi connectivity index (χ1n) is 4.80. The fraction of sp³-hybridized carbons (Fsp3) is 0.667. The van der Waals surface area contributed by atoms with Crippen LogP contribution in [-0.2, 0) is 14.3 Å². The molecule has 0 aliphatic carbocycles. The van der Waals surface area contributed by atoms with E-state index in [0.29, 0.717) is 0 Å². The molecule has 0 aromatic carbocycles. The van der Waals surface area contributed by atoms with E-state index >= 15 is 0 Å². The second-order valence-electron chi connectivity index (χ2n) is 3.94. The van der Waals surface area contributed by atoms with Crippen molar-refractivity contribution in [1.29, 1.82) is 0 Å². The number of nitrogens with zero attached hydrogens (tertiary/aromatic N) is 1. The first-order chi connectivity index (χ1) is 7.34. The van der Waals surface area contributed by atoms with Gasteiger partial charge in [-0.1, -0.05) is 0 Å². The van der Waals surface area contributed by atoms with Crippen LogP contribution in [0.2, 0.25) is 0 Å². The van der Waals surface area contributed by atoms with Crippen molar-refractivity contribution in [3.63, 3.8) is 0 Å². The van der Waals surface area contributed by atoms with Crippen LogP contribution in [0.5, 0.6) is 0 Å². The van der Waals surface area contributed by atoms with Crippen LogP contribution in [0.1, 0.15) is 13.8 Å². The van der Waals surface area contributed by atoms with Gasteiger partial charge in [-0.2, -0.15) is 0 Å². The standard InChI is InChI=1S/C9H14N2O5/c1-9(2,7(13)14)10-5-6(12)11-3-4-16-8(11)15/h10H,3-5H2,1-2H3,(H,13,14). The lowest BCUT2D eigenvalue weighted by atomic mass is 10.1. The quantitative estimate of drug-likeness (QED) is 0.670. The molecular weight excluding hydrogens is 216 g/mol. The van der Waals surface area contributed by atoms with Crippen molar-refractivity contribution in [2.75, 3.05) is 19.7 Å². The third-order valence-corrected chi connectivity index (χ3v) is 2.28. The zero-order chi connectivity index (χ0) is 12.3. The van der Waals surface area contributed by atoms with Gasteiger partial charge in [-0.15, -0.1) is 0 Å². The number of carbonyl (C=O) groups excluding carboxylic acids is 2. The minimum atomic E-state index is -1.21. The van der Waals surface area contributed by atoms with E-state index in [1.165, 1.54) is 13.8 Å². The number of carbonyl (C=O) groups is 3. The molecule has 0 aromatic rings. The molecule has 0 saturated carbocycles. The molecule has 0 atom stereocenters. The van der Waals surface area contributed by atoms with Gasteiger partial charge >= 0.3 is 12.1 Å². The largest absolute Gasteiger partial charge is 0.480 e. The second-order valence-corrected chi connectivity index (χ2v) is 3.94. The van der Waals surface area contributed by atoms with E-state index in [9.17, 15) is 14.4 Å². The van der Waals surface area contributed by atoms with Crippen LogP contribution in [0.15, 0.2) is 0 Å². The minimum Gasteiger partial charge on any atom is -0.480 e. The number of aliphatic carboxylic acids is 1. The third kappa shape index (κ3) is 2.69. The average Bonchev–Trinajstić information content (AvgIpc) is 2.61. The molecule has 0 spiro atoms. The summed E-state index contributed by atoms with van der Waals surface area (Å²) in [4.78, 5) is 34.2. The van der Waals surface area contributed by atoms with Crippen molar-refractivity contribution >= 4 is 18.0 Å². The van der Waals surface area contributed by atoms with E-state index in [-0.39, 0.29) is 19.7 Å². The molecule has 2 amide bonds. The molecule has 90 valence electrons. The predicted molar refractivity (Wildman–Crippen MR) is 52.8 cm³/mol. The Bertz CT molecular complexity index is 326. The van der Waals surface area contributed by atoms with Gasteiger partial charge in [0.05, 0.1) is 13.1 Å². The lowest BCUT2D eigenvalue weighted by Gasteiger charge is -2.21. The molecule has 16 heavy (non-hydrogen) atoms. The first kappa shape index (κ1) is 12.4. The summed E-state index contributed by atoms with van der Waals surface area (Å²) in [5.74, 6) is -1.55. The molecule has 1 saturated heterocycles. The Morgan fingerprint density at radius 1 is 1.56 bits per heavy atom. The molecule has 1 aliphatic rings. The highest BCUT2D eigenvalue weighted by Crippen LogP contribution is 2.05. The SMILES string of the molecule is CC(C)(NCC(=O)N1CCOC1=O)C(=O)O. The van der Waals surface area contributed by atoms with E-state index < -0.39 is 23.5 Å². The number of carboxylic acid groups (broad SMARTS) is 1. The summed E-state index contributed by atoms with van der Waals surface area (Å²) < 4.78 is 4.59. The molecule has 7 nitrogen and oxygen atoms in total. The maximum Gasteiger partial charge on any atom is 0.416 e. The van der Waals surface area contributed by atoms with E-state index in [2.05, 4.69) is 10.1 Å². The van der Waals surface area contributed by atoms with Crippen LogP contribution in [0.25, 0.3) is 0 Å². The Kier molecular flexibility index (Phi) is 3.48. The van der Waals surface area contributed by atoms with E-state index in [4.69, 9.17) is 5.11 Å².